The molecule has 1 atom stereocenters. The third kappa shape index (κ3) is 4.39. The molecule has 1 aromatic rings. The molecule has 0 bridgehead atoms. The van der Waals surface area contributed by atoms with Crippen LogP contribution in [-0.4, -0.2) is 19.1 Å². The molecule has 1 saturated heterocycles. The normalized spacial score (nSPS) is 18.4. The second-order valence-corrected chi connectivity index (χ2v) is 6.32. The maximum absolute atomic E-state index is 6.50. The van der Waals surface area contributed by atoms with E-state index in [1.54, 1.807) is 0 Å². The van der Waals surface area contributed by atoms with E-state index in [4.69, 9.17) is 17.3 Å². The van der Waals surface area contributed by atoms with E-state index in [0.29, 0.717) is 0 Å². The highest BCUT2D eigenvalue weighted by atomic mass is 35.5. The lowest BCUT2D eigenvalue weighted by molar-refractivity contribution is 0.556. The third-order valence-corrected chi connectivity index (χ3v) is 4.53. The van der Waals surface area contributed by atoms with Crippen molar-refractivity contribution in [3.63, 3.8) is 0 Å². The smallest absolute Gasteiger partial charge is 0.0642 e. The zero-order valence-electron chi connectivity index (χ0n) is 12.6. The van der Waals surface area contributed by atoms with Crippen LogP contribution in [0, 0.1) is 0 Å². The lowest BCUT2D eigenvalue weighted by atomic mass is 10.0. The molecule has 3 heteroatoms. The van der Waals surface area contributed by atoms with Crippen molar-refractivity contribution in [2.24, 2.45) is 5.73 Å². The van der Waals surface area contributed by atoms with Crippen LogP contribution in [0.3, 0.4) is 0 Å². The van der Waals surface area contributed by atoms with Crippen molar-refractivity contribution in [3.8, 4) is 0 Å². The molecule has 1 aliphatic rings. The van der Waals surface area contributed by atoms with Crippen LogP contribution in [0.5, 0.6) is 0 Å². The van der Waals surface area contributed by atoms with E-state index in [-0.39, 0.29) is 6.04 Å². The predicted molar refractivity (Wildman–Crippen MR) is 88.7 cm³/mol. The zero-order valence-corrected chi connectivity index (χ0v) is 13.3. The summed E-state index contributed by atoms with van der Waals surface area (Å²) in [4.78, 5) is 2.45. The number of anilines is 1. The van der Waals surface area contributed by atoms with Gasteiger partial charge in [0.05, 0.1) is 10.7 Å². The fourth-order valence-electron chi connectivity index (χ4n) is 2.87. The maximum Gasteiger partial charge on any atom is 0.0642 e. The van der Waals surface area contributed by atoms with Crippen molar-refractivity contribution in [2.45, 2.75) is 57.9 Å². The van der Waals surface area contributed by atoms with Crippen molar-refractivity contribution in [1.29, 1.82) is 0 Å². The highest BCUT2D eigenvalue weighted by Gasteiger charge is 2.13. The van der Waals surface area contributed by atoms with Crippen LogP contribution in [0.4, 0.5) is 5.69 Å². The molecule has 1 heterocycles. The van der Waals surface area contributed by atoms with Gasteiger partial charge in [-0.05, 0) is 43.4 Å². The standard InChI is InChI=1S/C17H27ClN2/c1-2-15(19)12-14-8-9-17(16(18)13-14)20-10-6-4-3-5-7-11-20/h8-9,13,15H,2-7,10-12,19H2,1H3. The fraction of sp³-hybridized carbons (Fsp3) is 0.647. The van der Waals surface area contributed by atoms with Gasteiger partial charge >= 0.3 is 0 Å². The Morgan fingerprint density at radius 3 is 2.40 bits per heavy atom. The Hall–Kier alpha value is -0.730. The van der Waals surface area contributed by atoms with Crippen molar-refractivity contribution >= 4 is 17.3 Å². The van der Waals surface area contributed by atoms with Gasteiger partial charge in [-0.15, -0.1) is 0 Å². The minimum absolute atomic E-state index is 0.235. The molecular weight excluding hydrogens is 268 g/mol. The van der Waals surface area contributed by atoms with Gasteiger partial charge in [0.25, 0.3) is 0 Å². The van der Waals surface area contributed by atoms with Gasteiger partial charge in [0.1, 0.15) is 0 Å². The Morgan fingerprint density at radius 1 is 1.15 bits per heavy atom. The molecule has 1 aliphatic heterocycles. The van der Waals surface area contributed by atoms with Gasteiger partial charge in [-0.3, -0.25) is 0 Å². The summed E-state index contributed by atoms with van der Waals surface area (Å²) in [5, 5.41) is 0.881. The van der Waals surface area contributed by atoms with E-state index in [9.17, 15) is 0 Å². The average molecular weight is 295 g/mol. The molecule has 0 radical (unpaired) electrons. The first-order chi connectivity index (χ1) is 9.70. The highest BCUT2D eigenvalue weighted by molar-refractivity contribution is 6.33. The van der Waals surface area contributed by atoms with Gasteiger partial charge in [0.2, 0.25) is 0 Å². The van der Waals surface area contributed by atoms with Crippen LogP contribution in [0.2, 0.25) is 5.02 Å². The monoisotopic (exact) mass is 294 g/mol. The molecule has 0 aromatic heterocycles. The summed E-state index contributed by atoms with van der Waals surface area (Å²) < 4.78 is 0. The van der Waals surface area contributed by atoms with E-state index >= 15 is 0 Å². The van der Waals surface area contributed by atoms with Crippen molar-refractivity contribution in [1.82, 2.24) is 0 Å². The molecule has 112 valence electrons. The van der Waals surface area contributed by atoms with E-state index in [2.05, 4.69) is 30.0 Å². The molecule has 2 nitrogen and oxygen atoms in total. The summed E-state index contributed by atoms with van der Waals surface area (Å²) in [5.41, 5.74) is 8.47. The summed E-state index contributed by atoms with van der Waals surface area (Å²) in [6, 6.07) is 6.71. The van der Waals surface area contributed by atoms with Crippen LogP contribution in [0.25, 0.3) is 0 Å². The molecule has 0 amide bonds. The molecule has 0 aliphatic carbocycles. The zero-order chi connectivity index (χ0) is 14.4. The third-order valence-electron chi connectivity index (χ3n) is 4.23. The Balaban J connectivity index is 2.07. The SMILES string of the molecule is CCC(N)Cc1ccc(N2CCCCCCC2)c(Cl)c1. The molecule has 1 unspecified atom stereocenters. The molecule has 0 saturated carbocycles. The minimum atomic E-state index is 0.235. The van der Waals surface area contributed by atoms with Gasteiger partial charge in [0.15, 0.2) is 0 Å². The molecule has 20 heavy (non-hydrogen) atoms. The highest BCUT2D eigenvalue weighted by Crippen LogP contribution is 2.29. The quantitative estimate of drug-likeness (QED) is 0.892. The first kappa shape index (κ1) is 15.7. The molecule has 1 aromatic carbocycles. The molecular formula is C17H27ClN2. The molecule has 2 N–H and O–H groups in total. The van der Waals surface area contributed by atoms with Gasteiger partial charge < -0.3 is 10.6 Å². The van der Waals surface area contributed by atoms with Gasteiger partial charge in [-0.2, -0.15) is 0 Å². The summed E-state index contributed by atoms with van der Waals surface area (Å²) in [6.45, 7) is 4.39. The molecule has 0 spiro atoms. The van der Waals surface area contributed by atoms with Crippen LogP contribution < -0.4 is 10.6 Å². The van der Waals surface area contributed by atoms with Gasteiger partial charge in [0, 0.05) is 19.1 Å². The van der Waals surface area contributed by atoms with E-state index in [0.717, 1.165) is 31.0 Å². The largest absolute Gasteiger partial charge is 0.370 e. The predicted octanol–water partition coefficient (Wildman–Crippen LogP) is 4.39. The second kappa shape index (κ2) is 7.90. The minimum Gasteiger partial charge on any atom is -0.370 e. The summed E-state index contributed by atoms with van der Waals surface area (Å²) >= 11 is 6.50. The number of halogens is 1. The number of hydrogen-bond acceptors (Lipinski definition) is 2. The van der Waals surface area contributed by atoms with Crippen LogP contribution in [-0.2, 0) is 6.42 Å². The number of benzene rings is 1. The Kier molecular flexibility index (Phi) is 6.18. The first-order valence-corrected chi connectivity index (χ1v) is 8.37. The van der Waals surface area contributed by atoms with E-state index in [1.165, 1.54) is 43.4 Å². The van der Waals surface area contributed by atoms with Gasteiger partial charge in [-0.25, -0.2) is 0 Å². The number of nitrogens with two attached hydrogens (primary N) is 1. The maximum atomic E-state index is 6.50. The topological polar surface area (TPSA) is 29.3 Å². The Labute approximate surface area is 128 Å². The van der Waals surface area contributed by atoms with Crippen molar-refractivity contribution in [3.05, 3.63) is 28.8 Å². The Bertz CT molecular complexity index is 411. The number of rotatable bonds is 4. The second-order valence-electron chi connectivity index (χ2n) is 5.91. The molecule has 2 rings (SSSR count). The fourth-order valence-corrected chi connectivity index (χ4v) is 3.19. The first-order valence-electron chi connectivity index (χ1n) is 7.99. The lowest BCUT2D eigenvalue weighted by Crippen LogP contribution is -2.27. The van der Waals surface area contributed by atoms with Crippen molar-refractivity contribution in [2.75, 3.05) is 18.0 Å². The summed E-state index contributed by atoms with van der Waals surface area (Å²) in [6.07, 6.45) is 8.55. The average Bonchev–Trinajstić information content (AvgIpc) is 2.39. The summed E-state index contributed by atoms with van der Waals surface area (Å²) in [7, 11) is 0. The van der Waals surface area contributed by atoms with Crippen LogP contribution >= 0.6 is 11.6 Å². The number of hydrogen-bond donors (Lipinski definition) is 1. The summed E-state index contributed by atoms with van der Waals surface area (Å²) in [5.74, 6) is 0. The van der Waals surface area contributed by atoms with Crippen LogP contribution in [0.15, 0.2) is 18.2 Å². The van der Waals surface area contributed by atoms with Crippen molar-refractivity contribution < 1.29 is 0 Å². The van der Waals surface area contributed by atoms with Gasteiger partial charge in [-0.1, -0.05) is 43.9 Å². The van der Waals surface area contributed by atoms with E-state index in [1.807, 2.05) is 0 Å². The molecule has 1 fully saturated rings. The number of nitrogens with zero attached hydrogens (tertiary/aromatic N) is 1. The van der Waals surface area contributed by atoms with E-state index < -0.39 is 0 Å². The Morgan fingerprint density at radius 2 is 1.80 bits per heavy atom. The van der Waals surface area contributed by atoms with Crippen LogP contribution in [0.1, 0.15) is 51.0 Å². The lowest BCUT2D eigenvalue weighted by Gasteiger charge is -2.28.